The van der Waals surface area contributed by atoms with Gasteiger partial charge in [-0.15, -0.1) is 0 Å². The maximum Gasteiger partial charge on any atom is 0.328 e. The van der Waals surface area contributed by atoms with Crippen LogP contribution in [0.5, 0.6) is 0 Å². The van der Waals surface area contributed by atoms with E-state index in [1.54, 1.807) is 0 Å². The maximum atomic E-state index is 9.55. The molecule has 0 aliphatic rings. The Hall–Kier alpha value is -2.72. The third-order valence-electron chi connectivity index (χ3n) is 0.737. The van der Waals surface area contributed by atoms with Crippen LogP contribution in [0.15, 0.2) is 24.3 Å². The smallest absolute Gasteiger partial charge is 0.328 e. The van der Waals surface area contributed by atoms with E-state index in [0.29, 0.717) is 24.3 Å². The van der Waals surface area contributed by atoms with Crippen LogP contribution in [0.25, 0.3) is 0 Å². The highest BCUT2D eigenvalue weighted by Gasteiger charge is 1.88. The van der Waals surface area contributed by atoms with E-state index in [1.807, 2.05) is 0 Å². The molecule has 18 heavy (non-hydrogen) atoms. The van der Waals surface area contributed by atoms with Crippen LogP contribution in [-0.2, 0) is 19.2 Å². The van der Waals surface area contributed by atoms with Crippen molar-refractivity contribution in [3.8, 4) is 0 Å². The number of hydrogen-bond donors (Lipinski definition) is 4. The minimum Gasteiger partial charge on any atom is -0.478 e. The van der Waals surface area contributed by atoms with E-state index in [9.17, 15) is 19.2 Å². The molecule has 0 amide bonds. The number of rotatable bonds is 4. The fourth-order valence-electron chi connectivity index (χ4n) is 0.285. The average molecular weight is 268 g/mol. The van der Waals surface area contributed by atoms with E-state index in [2.05, 4.69) is 0 Å². The molecule has 0 spiro atoms. The second-order valence-corrected chi connectivity index (χ2v) is 2.02. The monoisotopic (exact) mass is 268 g/mol. The third-order valence-corrected chi connectivity index (χ3v) is 0.737. The van der Waals surface area contributed by atoms with Crippen LogP contribution in [0, 0.1) is 0 Å². The molecule has 0 atom stereocenters. The van der Waals surface area contributed by atoms with Crippen molar-refractivity contribution in [3.05, 3.63) is 24.3 Å². The summed E-state index contributed by atoms with van der Waals surface area (Å²) in [7, 11) is 0. The molecule has 0 unspecified atom stereocenters. The molecule has 0 aliphatic heterocycles. The lowest BCUT2D eigenvalue weighted by atomic mass is 10.5. The molecule has 0 saturated heterocycles. The summed E-state index contributed by atoms with van der Waals surface area (Å²) in [4.78, 5) is 38.2. The largest absolute Gasteiger partial charge is 0.478 e. The first-order chi connectivity index (χ1) is 7.25. The van der Waals surface area contributed by atoms with E-state index < -0.39 is 23.9 Å². The van der Waals surface area contributed by atoms with Crippen molar-refractivity contribution in [3.63, 3.8) is 0 Å². The lowest BCUT2D eigenvalue weighted by molar-refractivity contribution is -0.134. The minimum atomic E-state index is -1.26. The van der Waals surface area contributed by atoms with Crippen LogP contribution in [0.4, 0.5) is 0 Å². The molecule has 8 N–H and O–H groups in total. The first kappa shape index (κ1) is 24.5. The highest BCUT2D eigenvalue weighted by molar-refractivity contribution is 5.90. The van der Waals surface area contributed by atoms with Gasteiger partial charge in [-0.25, -0.2) is 19.2 Å². The second kappa shape index (κ2) is 14.3. The second-order valence-electron chi connectivity index (χ2n) is 2.02. The van der Waals surface area contributed by atoms with Crippen molar-refractivity contribution in [1.29, 1.82) is 0 Å². The Kier molecular flexibility index (Phi) is 19.4. The molecule has 104 valence electrons. The summed E-state index contributed by atoms with van der Waals surface area (Å²) < 4.78 is 0. The molecule has 0 aromatic carbocycles. The molecule has 0 aromatic heterocycles. The average Bonchev–Trinajstić information content (AvgIpc) is 2.12. The van der Waals surface area contributed by atoms with Gasteiger partial charge >= 0.3 is 23.9 Å². The van der Waals surface area contributed by atoms with Crippen LogP contribution in [-0.4, -0.2) is 55.3 Å². The molecule has 0 aliphatic carbocycles. The summed E-state index contributed by atoms with van der Waals surface area (Å²) in [6.45, 7) is 0. The van der Waals surface area contributed by atoms with Gasteiger partial charge in [0, 0.05) is 24.3 Å². The minimum absolute atomic E-state index is 0. The molecule has 0 fully saturated rings. The summed E-state index contributed by atoms with van der Waals surface area (Å²) in [6.07, 6.45) is 2.23. The van der Waals surface area contributed by atoms with Gasteiger partial charge in [-0.05, 0) is 0 Å². The first-order valence-corrected chi connectivity index (χ1v) is 3.53. The Balaban J connectivity index is -0.0000000980. The van der Waals surface area contributed by atoms with E-state index in [4.69, 9.17) is 20.4 Å². The SMILES string of the molecule is O.O.O=C(O)/C=C\C(=O)O.O=C(O)/C=C\C(=O)O. The lowest BCUT2D eigenvalue weighted by Gasteiger charge is -1.74. The Morgan fingerprint density at radius 2 is 0.611 bits per heavy atom. The van der Waals surface area contributed by atoms with Crippen LogP contribution in [0.1, 0.15) is 0 Å². The van der Waals surface area contributed by atoms with Crippen LogP contribution in [0.3, 0.4) is 0 Å². The number of carboxylic acid groups (broad SMARTS) is 4. The van der Waals surface area contributed by atoms with E-state index in [1.165, 1.54) is 0 Å². The zero-order chi connectivity index (χ0) is 13.1. The molecular weight excluding hydrogens is 256 g/mol. The molecule has 0 bridgehead atoms. The fraction of sp³-hybridized carbons (Fsp3) is 0. The Labute approximate surface area is 99.7 Å². The van der Waals surface area contributed by atoms with Gasteiger partial charge in [-0.2, -0.15) is 0 Å². The van der Waals surface area contributed by atoms with Crippen molar-refractivity contribution in [2.75, 3.05) is 0 Å². The standard InChI is InChI=1S/2C4H4O4.2H2O/c2*5-3(6)1-2-4(7)8;;/h2*1-2H,(H,5,6)(H,7,8);2*1H2/b2*2-1-;;. The van der Waals surface area contributed by atoms with Gasteiger partial charge < -0.3 is 31.4 Å². The molecule has 10 nitrogen and oxygen atoms in total. The molecule has 0 radical (unpaired) electrons. The van der Waals surface area contributed by atoms with Gasteiger partial charge in [0.1, 0.15) is 0 Å². The Morgan fingerprint density at radius 3 is 0.667 bits per heavy atom. The van der Waals surface area contributed by atoms with Crippen molar-refractivity contribution in [2.45, 2.75) is 0 Å². The molecule has 0 heterocycles. The lowest BCUT2D eigenvalue weighted by Crippen LogP contribution is -1.91. The summed E-state index contributed by atoms with van der Waals surface area (Å²) >= 11 is 0. The zero-order valence-corrected chi connectivity index (χ0v) is 8.73. The summed E-state index contributed by atoms with van der Waals surface area (Å²) in [5.41, 5.74) is 0. The van der Waals surface area contributed by atoms with E-state index >= 15 is 0 Å². The fourth-order valence-corrected chi connectivity index (χ4v) is 0.285. The quantitative estimate of drug-likeness (QED) is 0.408. The van der Waals surface area contributed by atoms with Gasteiger partial charge in [-0.3, -0.25) is 0 Å². The van der Waals surface area contributed by atoms with E-state index in [0.717, 1.165) is 0 Å². The number of hydrogen-bond acceptors (Lipinski definition) is 4. The van der Waals surface area contributed by atoms with Crippen molar-refractivity contribution in [2.24, 2.45) is 0 Å². The number of carboxylic acids is 4. The maximum absolute atomic E-state index is 9.55. The third kappa shape index (κ3) is 37.8. The highest BCUT2D eigenvalue weighted by atomic mass is 16.4. The van der Waals surface area contributed by atoms with Gasteiger partial charge in [0.05, 0.1) is 0 Å². The predicted octanol–water partition coefficient (Wildman–Crippen LogP) is -2.23. The zero-order valence-electron chi connectivity index (χ0n) is 8.73. The topological polar surface area (TPSA) is 212 Å². The van der Waals surface area contributed by atoms with Crippen LogP contribution in [0.2, 0.25) is 0 Å². The molecule has 0 saturated carbocycles. The summed E-state index contributed by atoms with van der Waals surface area (Å²) in [5, 5.41) is 31.2. The van der Waals surface area contributed by atoms with E-state index in [-0.39, 0.29) is 11.0 Å². The summed E-state index contributed by atoms with van der Waals surface area (Å²) in [6, 6.07) is 0. The molecule has 0 rings (SSSR count). The van der Waals surface area contributed by atoms with Crippen molar-refractivity contribution >= 4 is 23.9 Å². The normalized spacial score (nSPS) is 8.44. The highest BCUT2D eigenvalue weighted by Crippen LogP contribution is 1.71. The molecular formula is C8H12O10. The van der Waals surface area contributed by atoms with Gasteiger partial charge in [0.25, 0.3) is 0 Å². The van der Waals surface area contributed by atoms with Crippen LogP contribution >= 0.6 is 0 Å². The van der Waals surface area contributed by atoms with Gasteiger partial charge in [0.15, 0.2) is 0 Å². The van der Waals surface area contributed by atoms with Gasteiger partial charge in [-0.1, -0.05) is 0 Å². The Bertz CT molecular complexity index is 274. The Morgan fingerprint density at radius 1 is 0.500 bits per heavy atom. The van der Waals surface area contributed by atoms with Crippen molar-refractivity contribution in [1.82, 2.24) is 0 Å². The number of aliphatic carboxylic acids is 4. The summed E-state index contributed by atoms with van der Waals surface area (Å²) in [5.74, 6) is -5.03. The number of carbonyl (C=O) groups is 4. The predicted molar refractivity (Wildman–Crippen MR) is 56.1 cm³/mol. The molecule has 0 aromatic rings. The van der Waals surface area contributed by atoms with Gasteiger partial charge in [0.2, 0.25) is 0 Å². The van der Waals surface area contributed by atoms with Crippen molar-refractivity contribution < 1.29 is 50.6 Å². The molecule has 10 heteroatoms. The van der Waals surface area contributed by atoms with Crippen LogP contribution < -0.4 is 0 Å². The first-order valence-electron chi connectivity index (χ1n) is 3.53.